The van der Waals surface area contributed by atoms with Gasteiger partial charge in [0.15, 0.2) is 0 Å². The van der Waals surface area contributed by atoms with Crippen LogP contribution >= 0.6 is 22.7 Å². The molecule has 3 heterocycles. The number of aryl methyl sites for hydroxylation is 1. The SMILES string of the molecule is Cc1nc2c(-c3cccs3)nc(=O)n(C(C)c3ccccc3)c2s1. The molecule has 0 N–H and O–H groups in total. The topological polar surface area (TPSA) is 47.8 Å². The summed E-state index contributed by atoms with van der Waals surface area (Å²) in [6, 6.07) is 13.9. The van der Waals surface area contributed by atoms with Crippen molar-refractivity contribution >= 4 is 33.0 Å². The van der Waals surface area contributed by atoms with Crippen LogP contribution < -0.4 is 5.69 Å². The van der Waals surface area contributed by atoms with E-state index in [1.807, 2.05) is 61.7 Å². The summed E-state index contributed by atoms with van der Waals surface area (Å²) in [6.07, 6.45) is 0. The van der Waals surface area contributed by atoms with E-state index in [0.717, 1.165) is 25.8 Å². The van der Waals surface area contributed by atoms with Crippen molar-refractivity contribution in [3.63, 3.8) is 0 Å². The second kappa shape index (κ2) is 5.96. The maximum absolute atomic E-state index is 12.8. The Bertz CT molecular complexity index is 1050. The van der Waals surface area contributed by atoms with E-state index in [1.54, 1.807) is 27.2 Å². The molecule has 0 radical (unpaired) electrons. The zero-order valence-corrected chi connectivity index (χ0v) is 14.9. The van der Waals surface area contributed by atoms with Gasteiger partial charge in [-0.1, -0.05) is 36.4 Å². The molecule has 0 aliphatic carbocycles. The second-order valence-electron chi connectivity index (χ2n) is 5.56. The third kappa shape index (κ3) is 2.48. The predicted molar refractivity (Wildman–Crippen MR) is 100.0 cm³/mol. The predicted octanol–water partition coefficient (Wildman–Crippen LogP) is 4.50. The smallest absolute Gasteiger partial charge is 0.274 e. The van der Waals surface area contributed by atoms with Gasteiger partial charge < -0.3 is 0 Å². The molecule has 3 aromatic heterocycles. The van der Waals surface area contributed by atoms with Crippen LogP contribution in [0, 0.1) is 6.92 Å². The number of fused-ring (bicyclic) bond motifs is 1. The molecule has 4 aromatic rings. The molecule has 0 bridgehead atoms. The van der Waals surface area contributed by atoms with Gasteiger partial charge in [0.05, 0.1) is 15.9 Å². The second-order valence-corrected chi connectivity index (χ2v) is 7.69. The molecule has 6 heteroatoms. The minimum absolute atomic E-state index is 0.0917. The number of thiazole rings is 1. The van der Waals surface area contributed by atoms with Gasteiger partial charge in [0.2, 0.25) is 0 Å². The molecule has 1 unspecified atom stereocenters. The molecule has 4 nitrogen and oxygen atoms in total. The van der Waals surface area contributed by atoms with Crippen molar-refractivity contribution in [2.45, 2.75) is 19.9 Å². The van der Waals surface area contributed by atoms with Crippen LogP contribution in [0.25, 0.3) is 20.9 Å². The lowest BCUT2D eigenvalue weighted by molar-refractivity contribution is 0.626. The lowest BCUT2D eigenvalue weighted by Crippen LogP contribution is -2.26. The maximum Gasteiger partial charge on any atom is 0.349 e. The first-order valence-corrected chi connectivity index (χ1v) is 9.33. The van der Waals surface area contributed by atoms with Crippen molar-refractivity contribution in [2.24, 2.45) is 0 Å². The van der Waals surface area contributed by atoms with Crippen LogP contribution in [0.4, 0.5) is 0 Å². The van der Waals surface area contributed by atoms with Gasteiger partial charge in [-0.05, 0) is 30.9 Å². The largest absolute Gasteiger partial charge is 0.349 e. The highest BCUT2D eigenvalue weighted by atomic mass is 32.1. The first-order chi connectivity index (χ1) is 11.6. The Morgan fingerprint density at radius 3 is 2.58 bits per heavy atom. The normalized spacial score (nSPS) is 12.6. The number of aromatic nitrogens is 3. The van der Waals surface area contributed by atoms with Crippen molar-refractivity contribution in [1.82, 2.24) is 14.5 Å². The van der Waals surface area contributed by atoms with E-state index in [4.69, 9.17) is 0 Å². The molecule has 0 aliphatic rings. The van der Waals surface area contributed by atoms with Gasteiger partial charge in [0.25, 0.3) is 0 Å². The molecule has 0 saturated carbocycles. The fourth-order valence-electron chi connectivity index (χ4n) is 2.83. The summed E-state index contributed by atoms with van der Waals surface area (Å²) in [6.45, 7) is 3.99. The zero-order valence-electron chi connectivity index (χ0n) is 13.3. The fraction of sp³-hybridized carbons (Fsp3) is 0.167. The average Bonchev–Trinajstić information content (AvgIpc) is 3.23. The van der Waals surface area contributed by atoms with E-state index in [1.165, 1.54) is 0 Å². The van der Waals surface area contributed by atoms with Crippen LogP contribution in [0.5, 0.6) is 0 Å². The van der Waals surface area contributed by atoms with Crippen molar-refractivity contribution in [3.8, 4) is 10.6 Å². The van der Waals surface area contributed by atoms with E-state index in [0.29, 0.717) is 5.69 Å². The summed E-state index contributed by atoms with van der Waals surface area (Å²) in [5, 5.41) is 2.92. The third-order valence-corrected chi connectivity index (χ3v) is 5.84. The minimum atomic E-state index is -0.231. The Kier molecular flexibility index (Phi) is 3.78. The zero-order chi connectivity index (χ0) is 16.7. The summed E-state index contributed by atoms with van der Waals surface area (Å²) in [4.78, 5) is 23.7. The van der Waals surface area contributed by atoms with Crippen LogP contribution in [0.1, 0.15) is 23.5 Å². The van der Waals surface area contributed by atoms with Gasteiger partial charge in [-0.25, -0.2) is 9.78 Å². The van der Waals surface area contributed by atoms with Crippen LogP contribution in [-0.2, 0) is 0 Å². The molecule has 1 atom stereocenters. The molecule has 0 amide bonds. The third-order valence-electron chi connectivity index (χ3n) is 4.00. The number of hydrogen-bond acceptors (Lipinski definition) is 5. The van der Waals surface area contributed by atoms with Crippen LogP contribution in [0.2, 0.25) is 0 Å². The standard InChI is InChI=1S/C18H15N3OS2/c1-11(13-7-4-3-5-8-13)21-17-16(19-12(2)24-17)15(20-18(21)22)14-9-6-10-23-14/h3-11H,1-2H3. The molecule has 24 heavy (non-hydrogen) atoms. The summed E-state index contributed by atoms with van der Waals surface area (Å²) in [5.74, 6) is 0. The number of benzene rings is 1. The van der Waals surface area contributed by atoms with Gasteiger partial charge in [0.1, 0.15) is 16.0 Å². The van der Waals surface area contributed by atoms with Crippen LogP contribution in [0.3, 0.4) is 0 Å². The molecule has 120 valence electrons. The van der Waals surface area contributed by atoms with Gasteiger partial charge in [0, 0.05) is 0 Å². The van der Waals surface area contributed by atoms with Crippen LogP contribution in [-0.4, -0.2) is 14.5 Å². The highest BCUT2D eigenvalue weighted by molar-refractivity contribution is 7.18. The fourth-order valence-corrected chi connectivity index (χ4v) is 4.54. The molecule has 0 fully saturated rings. The summed E-state index contributed by atoms with van der Waals surface area (Å²) in [7, 11) is 0. The van der Waals surface area contributed by atoms with Gasteiger partial charge in [-0.3, -0.25) is 4.57 Å². The first kappa shape index (κ1) is 15.2. The maximum atomic E-state index is 12.8. The summed E-state index contributed by atoms with van der Waals surface area (Å²) >= 11 is 3.12. The molecular formula is C18H15N3OS2. The van der Waals surface area contributed by atoms with E-state index in [2.05, 4.69) is 9.97 Å². The highest BCUT2D eigenvalue weighted by Gasteiger charge is 2.20. The Morgan fingerprint density at radius 2 is 1.88 bits per heavy atom. The van der Waals surface area contributed by atoms with E-state index in [9.17, 15) is 4.79 Å². The molecule has 0 spiro atoms. The highest BCUT2D eigenvalue weighted by Crippen LogP contribution is 2.33. The lowest BCUT2D eigenvalue weighted by atomic mass is 10.1. The summed E-state index contributed by atoms with van der Waals surface area (Å²) < 4.78 is 1.76. The van der Waals surface area contributed by atoms with Crippen molar-refractivity contribution in [2.75, 3.05) is 0 Å². The van der Waals surface area contributed by atoms with Crippen molar-refractivity contribution < 1.29 is 0 Å². The Morgan fingerprint density at radius 1 is 1.08 bits per heavy atom. The van der Waals surface area contributed by atoms with E-state index < -0.39 is 0 Å². The van der Waals surface area contributed by atoms with Gasteiger partial charge in [-0.15, -0.1) is 22.7 Å². The number of rotatable bonds is 3. The molecule has 4 rings (SSSR count). The molecular weight excluding hydrogens is 338 g/mol. The minimum Gasteiger partial charge on any atom is -0.274 e. The van der Waals surface area contributed by atoms with Crippen molar-refractivity contribution in [3.05, 3.63) is 68.9 Å². The first-order valence-electron chi connectivity index (χ1n) is 7.63. The molecule has 1 aromatic carbocycles. The van der Waals surface area contributed by atoms with Crippen LogP contribution in [0.15, 0.2) is 52.6 Å². The van der Waals surface area contributed by atoms with Crippen molar-refractivity contribution in [1.29, 1.82) is 0 Å². The van der Waals surface area contributed by atoms with Gasteiger partial charge >= 0.3 is 5.69 Å². The van der Waals surface area contributed by atoms with Gasteiger partial charge in [-0.2, -0.15) is 4.98 Å². The van der Waals surface area contributed by atoms with E-state index >= 15 is 0 Å². The lowest BCUT2D eigenvalue weighted by Gasteiger charge is -2.16. The Hall–Kier alpha value is -2.31. The monoisotopic (exact) mass is 353 g/mol. The molecule has 0 saturated heterocycles. The Balaban J connectivity index is 2.00. The quantitative estimate of drug-likeness (QED) is 0.545. The molecule has 0 aliphatic heterocycles. The summed E-state index contributed by atoms with van der Waals surface area (Å²) in [5.41, 5.74) is 2.34. The van der Waals surface area contributed by atoms with E-state index in [-0.39, 0.29) is 11.7 Å². The number of nitrogens with zero attached hydrogens (tertiary/aromatic N) is 3. The Labute approximate surface area is 147 Å². The average molecular weight is 353 g/mol. The number of hydrogen-bond donors (Lipinski definition) is 0. The number of thiophene rings is 1.